The molecule has 0 bridgehead atoms. The van der Waals surface area contributed by atoms with Crippen LogP contribution < -0.4 is 5.73 Å². The second kappa shape index (κ2) is 5.53. The minimum atomic E-state index is -0.337. The van der Waals surface area contributed by atoms with Crippen molar-refractivity contribution in [1.82, 2.24) is 10.2 Å². The molecule has 3 nitrogen and oxygen atoms in total. The van der Waals surface area contributed by atoms with Gasteiger partial charge in [0.1, 0.15) is 10.8 Å². The number of hydrogen-bond donors (Lipinski definition) is 1. The Hall–Kier alpha value is -1.04. The first-order valence-corrected chi connectivity index (χ1v) is 6.38. The molecule has 1 heterocycles. The fourth-order valence-electron chi connectivity index (χ4n) is 1.38. The van der Waals surface area contributed by atoms with Gasteiger partial charge in [-0.1, -0.05) is 22.9 Å². The van der Waals surface area contributed by atoms with Crippen LogP contribution in [0.4, 0.5) is 4.39 Å². The van der Waals surface area contributed by atoms with E-state index in [2.05, 4.69) is 10.2 Å². The smallest absolute Gasteiger partial charge is 0.150 e. The molecule has 2 rings (SSSR count). The molecule has 0 atom stereocenters. The first kappa shape index (κ1) is 12.4. The molecule has 1 aromatic carbocycles. The lowest BCUT2D eigenvalue weighted by Gasteiger charge is -1.98. The monoisotopic (exact) mass is 271 g/mol. The summed E-state index contributed by atoms with van der Waals surface area (Å²) >= 11 is 7.20. The molecule has 0 unspecified atom stereocenters. The van der Waals surface area contributed by atoms with Crippen molar-refractivity contribution in [2.45, 2.75) is 12.8 Å². The van der Waals surface area contributed by atoms with Crippen LogP contribution >= 0.6 is 22.9 Å². The quantitative estimate of drug-likeness (QED) is 0.930. The first-order chi connectivity index (χ1) is 8.20. The Morgan fingerprint density at radius 1 is 1.35 bits per heavy atom. The molecule has 2 N–H and O–H groups in total. The zero-order valence-electron chi connectivity index (χ0n) is 8.99. The van der Waals surface area contributed by atoms with E-state index >= 15 is 0 Å². The van der Waals surface area contributed by atoms with E-state index in [1.54, 1.807) is 6.07 Å². The van der Waals surface area contributed by atoms with Gasteiger partial charge < -0.3 is 5.73 Å². The van der Waals surface area contributed by atoms with Gasteiger partial charge in [0.2, 0.25) is 0 Å². The lowest BCUT2D eigenvalue weighted by Crippen LogP contribution is -1.99. The minimum Gasteiger partial charge on any atom is -0.330 e. The van der Waals surface area contributed by atoms with E-state index in [0.717, 1.165) is 17.8 Å². The average molecular weight is 272 g/mol. The van der Waals surface area contributed by atoms with Crippen LogP contribution in [0.3, 0.4) is 0 Å². The Morgan fingerprint density at radius 3 is 2.94 bits per heavy atom. The van der Waals surface area contributed by atoms with Crippen LogP contribution in [-0.2, 0) is 6.42 Å². The zero-order chi connectivity index (χ0) is 12.3. The van der Waals surface area contributed by atoms with Crippen molar-refractivity contribution in [2.24, 2.45) is 5.73 Å². The third kappa shape index (κ3) is 3.00. The molecule has 0 amide bonds. The van der Waals surface area contributed by atoms with Gasteiger partial charge in [-0.3, -0.25) is 0 Å². The Kier molecular flexibility index (Phi) is 4.04. The van der Waals surface area contributed by atoms with Crippen molar-refractivity contribution in [2.75, 3.05) is 6.54 Å². The number of rotatable bonds is 4. The zero-order valence-corrected chi connectivity index (χ0v) is 10.6. The topological polar surface area (TPSA) is 51.8 Å². The van der Waals surface area contributed by atoms with Crippen LogP contribution in [-0.4, -0.2) is 16.7 Å². The van der Waals surface area contributed by atoms with Crippen LogP contribution in [0, 0.1) is 5.82 Å². The maximum atomic E-state index is 13.6. The summed E-state index contributed by atoms with van der Waals surface area (Å²) in [5.41, 5.74) is 5.81. The summed E-state index contributed by atoms with van der Waals surface area (Å²) in [4.78, 5) is 0. The summed E-state index contributed by atoms with van der Waals surface area (Å²) in [5, 5.41) is 9.88. The van der Waals surface area contributed by atoms with E-state index in [9.17, 15) is 4.39 Å². The van der Waals surface area contributed by atoms with Crippen LogP contribution in [0.25, 0.3) is 10.6 Å². The molecule has 1 aromatic heterocycles. The van der Waals surface area contributed by atoms with E-state index in [0.29, 0.717) is 22.1 Å². The Morgan fingerprint density at radius 2 is 2.18 bits per heavy atom. The van der Waals surface area contributed by atoms with Crippen molar-refractivity contribution in [3.8, 4) is 10.6 Å². The summed E-state index contributed by atoms with van der Waals surface area (Å²) in [5.74, 6) is -0.337. The molecule has 17 heavy (non-hydrogen) atoms. The number of nitrogens with zero attached hydrogens (tertiary/aromatic N) is 2. The molecule has 0 aliphatic heterocycles. The molecule has 0 radical (unpaired) electrons. The van der Waals surface area contributed by atoms with Crippen LogP contribution in [0.15, 0.2) is 18.2 Å². The number of hydrogen-bond acceptors (Lipinski definition) is 4. The second-order valence-corrected chi connectivity index (χ2v) is 5.02. The van der Waals surface area contributed by atoms with Crippen molar-refractivity contribution >= 4 is 22.9 Å². The van der Waals surface area contributed by atoms with Crippen molar-refractivity contribution < 1.29 is 4.39 Å². The molecule has 6 heteroatoms. The van der Waals surface area contributed by atoms with E-state index in [1.165, 1.54) is 23.5 Å². The normalized spacial score (nSPS) is 10.8. The largest absolute Gasteiger partial charge is 0.330 e. The van der Waals surface area contributed by atoms with Crippen LogP contribution in [0.1, 0.15) is 11.4 Å². The fraction of sp³-hybridized carbons (Fsp3) is 0.273. The Labute approximate surface area is 107 Å². The highest BCUT2D eigenvalue weighted by molar-refractivity contribution is 7.14. The van der Waals surface area contributed by atoms with Gasteiger partial charge in [0.25, 0.3) is 0 Å². The van der Waals surface area contributed by atoms with Gasteiger partial charge in [0, 0.05) is 17.0 Å². The van der Waals surface area contributed by atoms with Crippen molar-refractivity contribution in [3.05, 3.63) is 34.0 Å². The van der Waals surface area contributed by atoms with Gasteiger partial charge in [-0.2, -0.15) is 0 Å². The number of halogens is 2. The molecule has 90 valence electrons. The van der Waals surface area contributed by atoms with E-state index in [-0.39, 0.29) is 5.82 Å². The van der Waals surface area contributed by atoms with Crippen LogP contribution in [0.2, 0.25) is 5.02 Å². The summed E-state index contributed by atoms with van der Waals surface area (Å²) in [6.07, 6.45) is 1.63. The summed E-state index contributed by atoms with van der Waals surface area (Å²) in [6, 6.07) is 4.40. The Bertz CT molecular complexity index is 515. The first-order valence-electron chi connectivity index (χ1n) is 5.18. The lowest BCUT2D eigenvalue weighted by atomic mass is 10.2. The van der Waals surface area contributed by atoms with Gasteiger partial charge in [0.05, 0.1) is 0 Å². The SMILES string of the molecule is NCCCc1nnc(-c2cc(Cl)ccc2F)s1. The van der Waals surface area contributed by atoms with Crippen LogP contribution in [0.5, 0.6) is 0 Å². The second-order valence-electron chi connectivity index (χ2n) is 3.52. The highest BCUT2D eigenvalue weighted by Crippen LogP contribution is 2.28. The molecule has 0 saturated carbocycles. The van der Waals surface area contributed by atoms with Crippen molar-refractivity contribution in [3.63, 3.8) is 0 Å². The van der Waals surface area contributed by atoms with Gasteiger partial charge in [-0.05, 0) is 31.2 Å². The molecular formula is C11H11ClFN3S. The number of aromatic nitrogens is 2. The maximum Gasteiger partial charge on any atom is 0.150 e. The predicted molar refractivity (Wildman–Crippen MR) is 67.7 cm³/mol. The number of nitrogens with two attached hydrogens (primary N) is 1. The standard InChI is InChI=1S/C11H11ClFN3S/c12-7-3-4-9(13)8(6-7)11-16-15-10(17-11)2-1-5-14/h3-4,6H,1-2,5,14H2. The molecule has 2 aromatic rings. The van der Waals surface area contributed by atoms with Gasteiger partial charge in [0.15, 0.2) is 5.01 Å². The van der Waals surface area contributed by atoms with Gasteiger partial charge in [-0.25, -0.2) is 4.39 Å². The number of aryl methyl sites for hydroxylation is 1. The highest BCUT2D eigenvalue weighted by Gasteiger charge is 2.11. The Balaban J connectivity index is 2.27. The summed E-state index contributed by atoms with van der Waals surface area (Å²) in [7, 11) is 0. The van der Waals surface area contributed by atoms with Gasteiger partial charge in [-0.15, -0.1) is 10.2 Å². The molecular weight excluding hydrogens is 261 g/mol. The number of benzene rings is 1. The van der Waals surface area contributed by atoms with Gasteiger partial charge >= 0.3 is 0 Å². The molecule has 0 aliphatic carbocycles. The summed E-state index contributed by atoms with van der Waals surface area (Å²) in [6.45, 7) is 0.612. The molecule has 0 saturated heterocycles. The lowest BCUT2D eigenvalue weighted by molar-refractivity contribution is 0.631. The molecule has 0 spiro atoms. The predicted octanol–water partition coefficient (Wildman–Crippen LogP) is 2.89. The average Bonchev–Trinajstić information content (AvgIpc) is 2.78. The minimum absolute atomic E-state index is 0.337. The highest BCUT2D eigenvalue weighted by atomic mass is 35.5. The third-order valence-corrected chi connectivity index (χ3v) is 3.47. The van der Waals surface area contributed by atoms with Crippen molar-refractivity contribution in [1.29, 1.82) is 0 Å². The maximum absolute atomic E-state index is 13.6. The van der Waals surface area contributed by atoms with E-state index < -0.39 is 0 Å². The third-order valence-electron chi connectivity index (χ3n) is 2.22. The summed E-state index contributed by atoms with van der Waals surface area (Å²) < 4.78 is 13.6. The van der Waals surface area contributed by atoms with E-state index in [1.807, 2.05) is 0 Å². The molecule has 0 fully saturated rings. The van der Waals surface area contributed by atoms with E-state index in [4.69, 9.17) is 17.3 Å². The molecule has 0 aliphatic rings. The fourth-order valence-corrected chi connectivity index (χ4v) is 2.45.